The van der Waals surface area contributed by atoms with Crippen molar-refractivity contribution in [1.29, 1.82) is 0 Å². The Labute approximate surface area is 157 Å². The van der Waals surface area contributed by atoms with Gasteiger partial charge in [-0.1, -0.05) is 25.1 Å². The molecule has 2 aromatic rings. The summed E-state index contributed by atoms with van der Waals surface area (Å²) in [4.78, 5) is 28.0. The zero-order valence-electron chi connectivity index (χ0n) is 15.4. The van der Waals surface area contributed by atoms with Gasteiger partial charge in [0.1, 0.15) is 5.72 Å². The number of carbonyl (C=O) groups is 1. The minimum absolute atomic E-state index is 0.0367. The fraction of sp³-hybridized carbons (Fsp3) is 0.550. The minimum atomic E-state index is -1.22. The third-order valence-corrected chi connectivity index (χ3v) is 6.49. The van der Waals surface area contributed by atoms with Crippen LogP contribution in [0.4, 0.5) is 0 Å². The van der Waals surface area contributed by atoms with Crippen molar-refractivity contribution in [3.8, 4) is 0 Å². The molecule has 0 bridgehead atoms. The summed E-state index contributed by atoms with van der Waals surface area (Å²) in [6.07, 6.45) is 4.19. The van der Waals surface area contributed by atoms with E-state index >= 15 is 0 Å². The van der Waals surface area contributed by atoms with Crippen LogP contribution in [0.1, 0.15) is 31.7 Å². The van der Waals surface area contributed by atoms with Crippen LogP contribution in [-0.4, -0.2) is 44.6 Å². The number of aliphatic hydroxyl groups is 1. The van der Waals surface area contributed by atoms with Crippen molar-refractivity contribution < 1.29 is 14.8 Å². The van der Waals surface area contributed by atoms with Gasteiger partial charge in [0, 0.05) is 46.8 Å². The lowest BCUT2D eigenvalue weighted by Gasteiger charge is -2.34. The Hall–Kier alpha value is -2.41. The molecule has 1 aliphatic carbocycles. The van der Waals surface area contributed by atoms with Crippen LogP contribution in [0.25, 0.3) is 10.9 Å². The third-order valence-electron chi connectivity index (χ3n) is 6.49. The number of nitro groups is 1. The summed E-state index contributed by atoms with van der Waals surface area (Å²) in [6.45, 7) is 2.24. The zero-order chi connectivity index (χ0) is 19.2. The number of nitrogens with zero attached hydrogens (tertiary/aromatic N) is 2. The van der Waals surface area contributed by atoms with Crippen LogP contribution in [0, 0.1) is 27.9 Å². The number of aromatic nitrogens is 1. The molecule has 0 spiro atoms. The Morgan fingerprint density at radius 2 is 2.19 bits per heavy atom. The molecule has 27 heavy (non-hydrogen) atoms. The van der Waals surface area contributed by atoms with E-state index in [2.05, 4.69) is 11.1 Å². The molecule has 1 amide bonds. The summed E-state index contributed by atoms with van der Waals surface area (Å²) in [7, 11) is 0. The molecule has 1 saturated heterocycles. The molecule has 2 heterocycles. The van der Waals surface area contributed by atoms with Gasteiger partial charge in [-0.05, 0) is 36.8 Å². The highest BCUT2D eigenvalue weighted by atomic mass is 16.6. The second-order valence-electron chi connectivity index (χ2n) is 8.06. The van der Waals surface area contributed by atoms with E-state index in [1.54, 1.807) is 4.90 Å². The molecule has 7 heteroatoms. The Bertz CT molecular complexity index is 879. The molecule has 0 radical (unpaired) electrons. The number of benzene rings is 1. The van der Waals surface area contributed by atoms with E-state index in [0.717, 1.165) is 18.4 Å². The van der Waals surface area contributed by atoms with E-state index in [-0.39, 0.29) is 41.5 Å². The smallest absolute Gasteiger partial charge is 0.225 e. The first-order chi connectivity index (χ1) is 12.9. The number of H-pyrrole nitrogens is 1. The molecular formula is C20H25N3O4. The quantitative estimate of drug-likeness (QED) is 0.602. The summed E-state index contributed by atoms with van der Waals surface area (Å²) in [5.41, 5.74) is 1.07. The van der Waals surface area contributed by atoms with Crippen molar-refractivity contribution in [2.24, 2.45) is 17.8 Å². The monoisotopic (exact) mass is 371 g/mol. The Balaban J connectivity index is 1.45. The van der Waals surface area contributed by atoms with Crippen LogP contribution < -0.4 is 0 Å². The number of para-hydroxylation sites is 1. The van der Waals surface area contributed by atoms with Gasteiger partial charge in [0.05, 0.1) is 0 Å². The molecule has 4 atom stereocenters. The van der Waals surface area contributed by atoms with E-state index in [1.165, 1.54) is 10.9 Å². The maximum absolute atomic E-state index is 12.5. The molecule has 2 fully saturated rings. The van der Waals surface area contributed by atoms with Gasteiger partial charge in [0.15, 0.2) is 0 Å². The number of carbonyl (C=O) groups excluding carboxylic acids is 1. The predicted octanol–water partition coefficient (Wildman–Crippen LogP) is 2.57. The summed E-state index contributed by atoms with van der Waals surface area (Å²) in [5, 5.41) is 23.4. The molecule has 4 rings (SSSR count). The van der Waals surface area contributed by atoms with Crippen LogP contribution in [0.3, 0.4) is 0 Å². The van der Waals surface area contributed by atoms with Gasteiger partial charge in [0.2, 0.25) is 12.5 Å². The molecule has 2 unspecified atom stereocenters. The van der Waals surface area contributed by atoms with Crippen molar-refractivity contribution in [1.82, 2.24) is 9.88 Å². The Morgan fingerprint density at radius 1 is 1.41 bits per heavy atom. The third kappa shape index (κ3) is 3.00. The lowest BCUT2D eigenvalue weighted by Crippen LogP contribution is -2.48. The number of hydrogen-bond donors (Lipinski definition) is 2. The normalized spacial score (nSPS) is 30.2. The largest absolute Gasteiger partial charge is 0.370 e. The van der Waals surface area contributed by atoms with Crippen molar-refractivity contribution in [2.45, 2.75) is 38.3 Å². The minimum Gasteiger partial charge on any atom is -0.370 e. The number of likely N-dealkylation sites (tertiary alicyclic amines) is 1. The second-order valence-corrected chi connectivity index (χ2v) is 8.06. The molecule has 1 aliphatic heterocycles. The van der Waals surface area contributed by atoms with E-state index in [9.17, 15) is 20.0 Å². The lowest BCUT2D eigenvalue weighted by molar-refractivity contribution is -0.491. The first kappa shape index (κ1) is 18.0. The predicted molar refractivity (Wildman–Crippen MR) is 101 cm³/mol. The zero-order valence-corrected chi connectivity index (χ0v) is 15.4. The SMILES string of the molecule is C[C@H]1CC2(O)C(CC(=O)N2CCCc2c[nH]c3ccccc23)[C@@H]1C[N+](=O)[O-]. The molecule has 2 N–H and O–H groups in total. The topological polar surface area (TPSA) is 99.5 Å². The van der Waals surface area contributed by atoms with Crippen LogP contribution in [0.2, 0.25) is 0 Å². The van der Waals surface area contributed by atoms with Crippen molar-refractivity contribution in [3.05, 3.63) is 46.1 Å². The first-order valence-corrected chi connectivity index (χ1v) is 9.60. The highest BCUT2D eigenvalue weighted by Crippen LogP contribution is 2.52. The summed E-state index contributed by atoms with van der Waals surface area (Å²) in [6, 6.07) is 8.11. The van der Waals surface area contributed by atoms with Gasteiger partial charge in [-0.15, -0.1) is 0 Å². The summed E-state index contributed by atoms with van der Waals surface area (Å²) >= 11 is 0. The second kappa shape index (κ2) is 6.64. The standard InChI is InChI=1S/C20H25N3O4/c1-13-10-20(25)17(16(13)12-23(26)27)9-19(24)22(20)8-4-5-14-11-21-18-7-3-2-6-15(14)18/h2-3,6-7,11,13,16-17,21,25H,4-5,8-10,12H2,1H3/t13-,16+,17?,20?/m0/s1. The number of rotatable bonds is 6. The highest BCUT2D eigenvalue weighted by molar-refractivity contribution is 5.83. The van der Waals surface area contributed by atoms with Gasteiger partial charge in [-0.3, -0.25) is 14.9 Å². The van der Waals surface area contributed by atoms with E-state index in [0.29, 0.717) is 13.0 Å². The molecule has 1 aromatic carbocycles. The maximum Gasteiger partial charge on any atom is 0.225 e. The van der Waals surface area contributed by atoms with Gasteiger partial charge in [-0.2, -0.15) is 0 Å². The number of aryl methyl sites for hydroxylation is 1. The Morgan fingerprint density at radius 3 is 2.96 bits per heavy atom. The molecule has 1 aromatic heterocycles. The molecule has 144 valence electrons. The van der Waals surface area contributed by atoms with Crippen LogP contribution in [0.15, 0.2) is 30.5 Å². The number of aromatic amines is 1. The van der Waals surface area contributed by atoms with Gasteiger partial charge in [-0.25, -0.2) is 0 Å². The van der Waals surface area contributed by atoms with Gasteiger partial charge in [0.25, 0.3) is 0 Å². The number of amides is 1. The molecule has 2 aliphatic rings. The average molecular weight is 371 g/mol. The number of fused-ring (bicyclic) bond motifs is 2. The summed E-state index contributed by atoms with van der Waals surface area (Å²) in [5.74, 6) is -0.623. The number of hydrogen-bond acceptors (Lipinski definition) is 4. The summed E-state index contributed by atoms with van der Waals surface area (Å²) < 4.78 is 0. The highest BCUT2D eigenvalue weighted by Gasteiger charge is 2.61. The lowest BCUT2D eigenvalue weighted by atomic mass is 9.88. The fourth-order valence-corrected chi connectivity index (χ4v) is 5.22. The fourth-order valence-electron chi connectivity index (χ4n) is 5.22. The first-order valence-electron chi connectivity index (χ1n) is 9.60. The molecule has 7 nitrogen and oxygen atoms in total. The van der Waals surface area contributed by atoms with Crippen molar-refractivity contribution in [2.75, 3.05) is 13.1 Å². The van der Waals surface area contributed by atoms with Crippen LogP contribution in [-0.2, 0) is 11.2 Å². The van der Waals surface area contributed by atoms with Crippen molar-refractivity contribution >= 4 is 16.8 Å². The van der Waals surface area contributed by atoms with E-state index in [4.69, 9.17) is 0 Å². The van der Waals surface area contributed by atoms with Crippen LogP contribution in [0.5, 0.6) is 0 Å². The maximum atomic E-state index is 12.5. The number of nitrogens with one attached hydrogen (secondary N) is 1. The van der Waals surface area contributed by atoms with Crippen LogP contribution >= 0.6 is 0 Å². The van der Waals surface area contributed by atoms with E-state index in [1.807, 2.05) is 31.3 Å². The van der Waals surface area contributed by atoms with E-state index < -0.39 is 5.72 Å². The van der Waals surface area contributed by atoms with Crippen molar-refractivity contribution in [3.63, 3.8) is 0 Å². The van der Waals surface area contributed by atoms with Gasteiger partial charge >= 0.3 is 0 Å². The molecular weight excluding hydrogens is 346 g/mol. The molecule has 1 saturated carbocycles. The average Bonchev–Trinajstić information content (AvgIpc) is 3.20. The Kier molecular flexibility index (Phi) is 4.42. The van der Waals surface area contributed by atoms with Gasteiger partial charge < -0.3 is 15.0 Å².